The molecule has 3 aromatic rings. The van der Waals surface area contributed by atoms with Crippen LogP contribution in [0.3, 0.4) is 0 Å². The lowest BCUT2D eigenvalue weighted by atomic mass is 10.1. The van der Waals surface area contributed by atoms with Crippen molar-refractivity contribution in [2.24, 2.45) is 4.99 Å². The number of aliphatic imine (C=N–C) groups is 1. The van der Waals surface area contributed by atoms with E-state index in [2.05, 4.69) is 4.99 Å². The van der Waals surface area contributed by atoms with Crippen LogP contribution in [0.25, 0.3) is 6.08 Å². The topological polar surface area (TPSA) is 118 Å². The maximum absolute atomic E-state index is 13.5. The molecule has 9 nitrogen and oxygen atoms in total. The Bertz CT molecular complexity index is 1360. The van der Waals surface area contributed by atoms with Crippen molar-refractivity contribution in [3.05, 3.63) is 82.3 Å². The Morgan fingerprint density at radius 1 is 0.973 bits per heavy atom. The van der Waals surface area contributed by atoms with Crippen LogP contribution in [0.15, 0.2) is 70.6 Å². The number of ether oxygens (including phenoxy) is 3. The lowest BCUT2D eigenvalue weighted by Crippen LogP contribution is -2.28. The zero-order valence-corrected chi connectivity index (χ0v) is 21.1. The molecule has 10 heteroatoms. The number of methoxy groups -OCH3 is 3. The van der Waals surface area contributed by atoms with Crippen LogP contribution in [0, 0.1) is 0 Å². The van der Waals surface area contributed by atoms with Gasteiger partial charge in [0.1, 0.15) is 5.75 Å². The molecule has 1 aliphatic heterocycles. The summed E-state index contributed by atoms with van der Waals surface area (Å²) in [6.45, 7) is 0.195. The number of nitrogens with zero attached hydrogens (tertiary/aromatic N) is 2. The Morgan fingerprint density at radius 3 is 2.14 bits per heavy atom. The summed E-state index contributed by atoms with van der Waals surface area (Å²) in [5, 5.41) is 19.8. The molecule has 1 amide bonds. The first-order chi connectivity index (χ1) is 17.8. The van der Waals surface area contributed by atoms with Gasteiger partial charge in [-0.3, -0.25) is 9.69 Å². The van der Waals surface area contributed by atoms with Gasteiger partial charge >= 0.3 is 5.97 Å². The van der Waals surface area contributed by atoms with E-state index in [1.165, 1.54) is 43.0 Å². The van der Waals surface area contributed by atoms with E-state index in [-0.39, 0.29) is 35.3 Å². The molecule has 0 radical (unpaired) electrons. The van der Waals surface area contributed by atoms with Crippen LogP contribution >= 0.6 is 11.8 Å². The van der Waals surface area contributed by atoms with E-state index in [9.17, 15) is 19.8 Å². The molecule has 0 spiro atoms. The summed E-state index contributed by atoms with van der Waals surface area (Å²) >= 11 is 1.20. The van der Waals surface area contributed by atoms with Gasteiger partial charge < -0.3 is 24.4 Å². The minimum absolute atomic E-state index is 0.134. The van der Waals surface area contributed by atoms with E-state index >= 15 is 0 Å². The standard InChI is InChI=1S/C27H24N2O7S/c1-34-20-10-8-19(9-11-20)28-27-29(15-16-4-6-18(7-5-16)26(32)33)25(31)23(37-27)14-17-12-21(35-2)24(30)22(13-17)36-3/h4-14,30H,15H2,1-3H3,(H,32,33)/b23-14-,28-27?. The number of phenols is 1. The van der Waals surface area contributed by atoms with Crippen molar-refractivity contribution in [2.75, 3.05) is 21.3 Å². The van der Waals surface area contributed by atoms with E-state index in [4.69, 9.17) is 14.2 Å². The smallest absolute Gasteiger partial charge is 0.335 e. The zero-order chi connectivity index (χ0) is 26.5. The summed E-state index contributed by atoms with van der Waals surface area (Å²) in [6.07, 6.45) is 1.68. The van der Waals surface area contributed by atoms with E-state index in [0.717, 1.165) is 5.56 Å². The minimum atomic E-state index is -1.02. The largest absolute Gasteiger partial charge is 0.502 e. The van der Waals surface area contributed by atoms with E-state index < -0.39 is 5.97 Å². The highest BCUT2D eigenvalue weighted by Gasteiger charge is 2.33. The van der Waals surface area contributed by atoms with Crippen LogP contribution in [-0.2, 0) is 11.3 Å². The van der Waals surface area contributed by atoms with Gasteiger partial charge in [-0.05, 0) is 77.5 Å². The molecular formula is C27H24N2O7S. The molecular weight excluding hydrogens is 496 g/mol. The molecule has 2 N–H and O–H groups in total. The van der Waals surface area contributed by atoms with E-state index in [0.29, 0.717) is 27.1 Å². The number of carbonyl (C=O) groups is 2. The minimum Gasteiger partial charge on any atom is -0.502 e. The number of thioether (sulfide) groups is 1. The molecule has 0 aromatic heterocycles. The number of benzene rings is 3. The lowest BCUT2D eigenvalue weighted by molar-refractivity contribution is -0.122. The second-order valence-electron chi connectivity index (χ2n) is 7.87. The predicted octanol–water partition coefficient (Wildman–Crippen LogP) is 4.92. The molecule has 4 rings (SSSR count). The molecule has 1 fully saturated rings. The maximum atomic E-state index is 13.5. The summed E-state index contributed by atoms with van der Waals surface area (Å²) in [5.74, 6) is -0.319. The second-order valence-corrected chi connectivity index (χ2v) is 8.88. The fourth-order valence-corrected chi connectivity index (χ4v) is 4.58. The number of amides is 1. The summed E-state index contributed by atoms with van der Waals surface area (Å²) in [7, 11) is 4.43. The number of hydrogen-bond acceptors (Lipinski definition) is 8. The van der Waals surface area contributed by atoms with Crippen LogP contribution in [-0.4, -0.2) is 53.5 Å². The normalized spacial score (nSPS) is 15.3. The molecule has 0 unspecified atom stereocenters. The van der Waals surface area contributed by atoms with E-state index in [1.807, 2.05) is 0 Å². The van der Waals surface area contributed by atoms with Gasteiger partial charge in [0.05, 0.1) is 44.0 Å². The van der Waals surface area contributed by atoms with Crippen LogP contribution in [0.1, 0.15) is 21.5 Å². The SMILES string of the molecule is COc1ccc(N=C2S/C(=C\c3cc(OC)c(O)c(OC)c3)C(=O)N2Cc2ccc(C(=O)O)cc2)cc1. The summed E-state index contributed by atoms with van der Waals surface area (Å²) in [6, 6.07) is 16.7. The van der Waals surface area contributed by atoms with Gasteiger partial charge in [-0.25, -0.2) is 9.79 Å². The number of aromatic carboxylic acids is 1. The van der Waals surface area contributed by atoms with Crippen molar-refractivity contribution in [1.82, 2.24) is 4.90 Å². The molecule has 0 saturated carbocycles. The molecule has 1 saturated heterocycles. The molecule has 0 bridgehead atoms. The third-order valence-corrected chi connectivity index (χ3v) is 6.53. The Kier molecular flexibility index (Phi) is 7.69. The van der Waals surface area contributed by atoms with Gasteiger partial charge in [0, 0.05) is 0 Å². The Balaban J connectivity index is 1.72. The van der Waals surface area contributed by atoms with Gasteiger partial charge in [-0.15, -0.1) is 0 Å². The monoisotopic (exact) mass is 520 g/mol. The van der Waals surface area contributed by atoms with Crippen LogP contribution in [0.5, 0.6) is 23.0 Å². The first-order valence-electron chi connectivity index (χ1n) is 11.0. The average molecular weight is 521 g/mol. The fraction of sp³-hybridized carbons (Fsp3) is 0.148. The Hall–Kier alpha value is -4.44. The third kappa shape index (κ3) is 5.70. The number of amidine groups is 1. The van der Waals surface area contributed by atoms with Crippen molar-refractivity contribution in [2.45, 2.75) is 6.54 Å². The highest BCUT2D eigenvalue weighted by atomic mass is 32.2. The summed E-state index contributed by atoms with van der Waals surface area (Å²) in [4.78, 5) is 31.3. The van der Waals surface area contributed by atoms with Crippen molar-refractivity contribution < 1.29 is 34.0 Å². The first kappa shape index (κ1) is 25.6. The summed E-state index contributed by atoms with van der Waals surface area (Å²) in [5.41, 5.74) is 2.14. The van der Waals surface area contributed by atoms with Crippen molar-refractivity contribution in [3.63, 3.8) is 0 Å². The van der Waals surface area contributed by atoms with Gasteiger partial charge in [-0.2, -0.15) is 0 Å². The van der Waals surface area contributed by atoms with Gasteiger partial charge in [0.2, 0.25) is 5.75 Å². The van der Waals surface area contributed by atoms with Gasteiger partial charge in [0.15, 0.2) is 16.7 Å². The molecule has 1 aliphatic rings. The number of phenolic OH excluding ortho intramolecular Hbond substituents is 1. The van der Waals surface area contributed by atoms with Gasteiger partial charge in [0.25, 0.3) is 5.91 Å². The lowest BCUT2D eigenvalue weighted by Gasteiger charge is -2.16. The number of aromatic hydroxyl groups is 1. The quantitative estimate of drug-likeness (QED) is 0.402. The highest BCUT2D eigenvalue weighted by molar-refractivity contribution is 8.18. The van der Waals surface area contributed by atoms with Crippen molar-refractivity contribution in [3.8, 4) is 23.0 Å². The predicted molar refractivity (Wildman–Crippen MR) is 141 cm³/mol. The summed E-state index contributed by atoms with van der Waals surface area (Å²) < 4.78 is 15.7. The number of rotatable bonds is 8. The molecule has 0 atom stereocenters. The van der Waals surface area contributed by atoms with Crippen LogP contribution < -0.4 is 14.2 Å². The fourth-order valence-electron chi connectivity index (χ4n) is 3.58. The van der Waals surface area contributed by atoms with Crippen molar-refractivity contribution >= 4 is 40.6 Å². The average Bonchev–Trinajstić information content (AvgIpc) is 3.18. The number of carbonyl (C=O) groups excluding carboxylic acids is 1. The first-order valence-corrected chi connectivity index (χ1v) is 11.9. The highest BCUT2D eigenvalue weighted by Crippen LogP contribution is 2.40. The zero-order valence-electron chi connectivity index (χ0n) is 20.3. The number of carboxylic acid groups (broad SMARTS) is 1. The molecule has 1 heterocycles. The molecule has 190 valence electrons. The number of carboxylic acids is 1. The third-order valence-electron chi connectivity index (χ3n) is 5.53. The van der Waals surface area contributed by atoms with E-state index in [1.54, 1.807) is 61.7 Å². The van der Waals surface area contributed by atoms with Crippen LogP contribution in [0.2, 0.25) is 0 Å². The number of hydrogen-bond donors (Lipinski definition) is 2. The van der Waals surface area contributed by atoms with Crippen molar-refractivity contribution in [1.29, 1.82) is 0 Å². The second kappa shape index (κ2) is 11.1. The Labute approximate surface area is 217 Å². The van der Waals surface area contributed by atoms with Crippen LogP contribution in [0.4, 0.5) is 5.69 Å². The molecule has 0 aliphatic carbocycles. The van der Waals surface area contributed by atoms with Gasteiger partial charge in [-0.1, -0.05) is 12.1 Å². The Morgan fingerprint density at radius 2 is 1.59 bits per heavy atom. The molecule has 37 heavy (non-hydrogen) atoms. The maximum Gasteiger partial charge on any atom is 0.335 e. The molecule has 3 aromatic carbocycles.